The highest BCUT2D eigenvalue weighted by atomic mass is 16.3. The molecule has 2 aliphatic heterocycles. The summed E-state index contributed by atoms with van der Waals surface area (Å²) in [6.45, 7) is 5.45. The average molecular weight is 416 g/mol. The van der Waals surface area contributed by atoms with Gasteiger partial charge in [-0.25, -0.2) is 0 Å². The van der Waals surface area contributed by atoms with Gasteiger partial charge in [-0.15, -0.1) is 0 Å². The smallest absolute Gasteiger partial charge is 0.236 e. The number of nitrogens with zero attached hydrogens (tertiary/aromatic N) is 3. The monoisotopic (exact) mass is 415 g/mol. The van der Waals surface area contributed by atoms with Gasteiger partial charge in [-0.1, -0.05) is 43.9 Å². The Morgan fingerprint density at radius 3 is 2.40 bits per heavy atom. The molecule has 6 heteroatoms. The summed E-state index contributed by atoms with van der Waals surface area (Å²) in [7, 11) is 0. The van der Waals surface area contributed by atoms with Crippen LogP contribution >= 0.6 is 0 Å². The summed E-state index contributed by atoms with van der Waals surface area (Å²) in [4.78, 5) is 31.2. The van der Waals surface area contributed by atoms with Gasteiger partial charge in [0.15, 0.2) is 0 Å². The largest absolute Gasteiger partial charge is 0.391 e. The van der Waals surface area contributed by atoms with Crippen molar-refractivity contribution in [3.05, 3.63) is 29.8 Å². The lowest BCUT2D eigenvalue weighted by Gasteiger charge is -2.33. The van der Waals surface area contributed by atoms with Crippen LogP contribution in [0.5, 0.6) is 0 Å². The highest BCUT2D eigenvalue weighted by Gasteiger charge is 2.24. The molecular formula is C24H37N3O3. The Labute approximate surface area is 180 Å². The molecule has 166 valence electrons. The molecule has 0 radical (unpaired) electrons. The van der Waals surface area contributed by atoms with E-state index >= 15 is 0 Å². The van der Waals surface area contributed by atoms with Gasteiger partial charge in [0.2, 0.25) is 11.8 Å². The van der Waals surface area contributed by atoms with Crippen LogP contribution in [0.4, 0.5) is 5.69 Å². The van der Waals surface area contributed by atoms with Crippen molar-refractivity contribution in [1.29, 1.82) is 0 Å². The summed E-state index contributed by atoms with van der Waals surface area (Å²) in [5.41, 5.74) is 2.06. The minimum absolute atomic E-state index is 0.0715. The number of aliphatic hydroxyl groups excluding tert-OH is 1. The third-order valence-corrected chi connectivity index (χ3v) is 6.27. The van der Waals surface area contributed by atoms with E-state index < -0.39 is 6.10 Å². The number of hydrogen-bond acceptors (Lipinski definition) is 4. The second-order valence-electron chi connectivity index (χ2n) is 8.77. The number of carbonyl (C=O) groups excluding carboxylic acids is 2. The maximum Gasteiger partial charge on any atom is 0.236 e. The fourth-order valence-electron chi connectivity index (χ4n) is 4.60. The molecule has 0 bridgehead atoms. The minimum Gasteiger partial charge on any atom is -0.391 e. The summed E-state index contributed by atoms with van der Waals surface area (Å²) in [5, 5.41) is 9.94. The van der Waals surface area contributed by atoms with Crippen LogP contribution in [0.1, 0.15) is 63.9 Å². The van der Waals surface area contributed by atoms with Crippen molar-refractivity contribution < 1.29 is 14.7 Å². The molecule has 0 saturated carbocycles. The second kappa shape index (κ2) is 11.5. The molecule has 3 rings (SSSR count). The molecule has 0 aromatic heterocycles. The Morgan fingerprint density at radius 2 is 1.67 bits per heavy atom. The van der Waals surface area contributed by atoms with Crippen LogP contribution in [0.15, 0.2) is 24.3 Å². The van der Waals surface area contributed by atoms with Gasteiger partial charge in [0.05, 0.1) is 12.6 Å². The normalized spacial score (nSPS) is 22.4. The molecule has 6 nitrogen and oxygen atoms in total. The molecule has 1 saturated heterocycles. The molecule has 2 heterocycles. The highest BCUT2D eigenvalue weighted by molar-refractivity contribution is 5.92. The zero-order chi connectivity index (χ0) is 21.3. The second-order valence-corrected chi connectivity index (χ2v) is 8.77. The summed E-state index contributed by atoms with van der Waals surface area (Å²) in [6, 6.07) is 8.10. The van der Waals surface area contributed by atoms with Crippen LogP contribution in [-0.4, -0.2) is 65.5 Å². The third-order valence-electron chi connectivity index (χ3n) is 6.27. The zero-order valence-corrected chi connectivity index (χ0v) is 18.4. The number of β-amino-alcohol motifs (C(OH)–C–C–N with tert-alkyl or cyclic N) is 1. The molecule has 0 spiro atoms. The van der Waals surface area contributed by atoms with Crippen LogP contribution in [0.3, 0.4) is 0 Å². The maximum atomic E-state index is 12.9. The Morgan fingerprint density at radius 1 is 0.967 bits per heavy atom. The molecule has 1 N–H and O–H groups in total. The van der Waals surface area contributed by atoms with E-state index in [0.717, 1.165) is 63.0 Å². The molecule has 1 atom stereocenters. The summed E-state index contributed by atoms with van der Waals surface area (Å²) in [6.07, 6.45) is 8.05. The first-order valence-corrected chi connectivity index (χ1v) is 11.6. The van der Waals surface area contributed by atoms with Crippen LogP contribution in [-0.2, 0) is 16.1 Å². The van der Waals surface area contributed by atoms with Crippen LogP contribution < -0.4 is 4.90 Å². The first-order valence-electron chi connectivity index (χ1n) is 11.6. The van der Waals surface area contributed by atoms with Crippen molar-refractivity contribution in [2.45, 2.75) is 70.9 Å². The number of piperidine rings is 1. The SMILES string of the molecule is CC(=O)N1CCCCCCCCN(CC(=O)N2CCCC(O)C2)Cc2ccccc21. The quantitative estimate of drug-likeness (QED) is 0.806. The van der Waals surface area contributed by atoms with Gasteiger partial charge in [-0.3, -0.25) is 14.5 Å². The minimum atomic E-state index is -0.400. The van der Waals surface area contributed by atoms with Crippen molar-refractivity contribution in [3.8, 4) is 0 Å². The number of likely N-dealkylation sites (tertiary alicyclic amines) is 1. The van der Waals surface area contributed by atoms with Gasteiger partial charge in [0.25, 0.3) is 0 Å². The van der Waals surface area contributed by atoms with Crippen LogP contribution in [0, 0.1) is 0 Å². The first kappa shape index (κ1) is 22.8. The van der Waals surface area contributed by atoms with Crippen molar-refractivity contribution in [2.75, 3.05) is 37.6 Å². The first-order chi connectivity index (χ1) is 14.5. The number of carbonyl (C=O) groups is 2. The van der Waals surface area contributed by atoms with Gasteiger partial charge in [-0.05, 0) is 43.9 Å². The predicted molar refractivity (Wildman–Crippen MR) is 119 cm³/mol. The number of amides is 2. The molecule has 2 amide bonds. The number of rotatable bonds is 2. The van der Waals surface area contributed by atoms with Crippen LogP contribution in [0.25, 0.3) is 0 Å². The predicted octanol–water partition coefficient (Wildman–Crippen LogP) is 3.18. The van der Waals surface area contributed by atoms with E-state index in [-0.39, 0.29) is 11.8 Å². The van der Waals surface area contributed by atoms with Gasteiger partial charge >= 0.3 is 0 Å². The van der Waals surface area contributed by atoms with Crippen molar-refractivity contribution >= 4 is 17.5 Å². The molecule has 0 aliphatic carbocycles. The van der Waals surface area contributed by atoms with Gasteiger partial charge in [0, 0.05) is 38.8 Å². The van der Waals surface area contributed by atoms with E-state index in [2.05, 4.69) is 11.0 Å². The Balaban J connectivity index is 1.77. The van der Waals surface area contributed by atoms with E-state index in [4.69, 9.17) is 0 Å². The topological polar surface area (TPSA) is 64.1 Å². The molecule has 30 heavy (non-hydrogen) atoms. The van der Waals surface area contributed by atoms with E-state index in [1.807, 2.05) is 28.0 Å². The van der Waals surface area contributed by atoms with Crippen molar-refractivity contribution in [3.63, 3.8) is 0 Å². The summed E-state index contributed by atoms with van der Waals surface area (Å²) >= 11 is 0. The molecule has 1 fully saturated rings. The van der Waals surface area contributed by atoms with Gasteiger partial charge in [0.1, 0.15) is 0 Å². The van der Waals surface area contributed by atoms with E-state index in [9.17, 15) is 14.7 Å². The summed E-state index contributed by atoms with van der Waals surface area (Å²) < 4.78 is 0. The maximum absolute atomic E-state index is 12.9. The van der Waals surface area contributed by atoms with Crippen LogP contribution in [0.2, 0.25) is 0 Å². The molecule has 2 aliphatic rings. The van der Waals surface area contributed by atoms with Crippen molar-refractivity contribution in [2.24, 2.45) is 0 Å². The molecule has 1 unspecified atom stereocenters. The lowest BCUT2D eigenvalue weighted by Crippen LogP contribution is -2.46. The molecular weight excluding hydrogens is 378 g/mol. The van der Waals surface area contributed by atoms with Crippen molar-refractivity contribution in [1.82, 2.24) is 9.80 Å². The zero-order valence-electron chi connectivity index (χ0n) is 18.4. The van der Waals surface area contributed by atoms with E-state index in [1.165, 1.54) is 19.3 Å². The Bertz CT molecular complexity index is 709. The standard InChI is InChI=1S/C24H37N3O3/c1-20(28)27-16-9-5-3-2-4-8-14-25(17-21-11-6-7-13-23(21)27)19-24(30)26-15-10-12-22(29)18-26/h6-7,11,13,22,29H,2-5,8-10,12,14-19H2,1H3. The average Bonchev–Trinajstić information content (AvgIpc) is 2.74. The molecule has 1 aromatic carbocycles. The number of para-hydroxylation sites is 1. The fourth-order valence-corrected chi connectivity index (χ4v) is 4.60. The van der Waals surface area contributed by atoms with E-state index in [1.54, 1.807) is 6.92 Å². The molecule has 1 aromatic rings. The Hall–Kier alpha value is -1.92. The third kappa shape index (κ3) is 6.54. The lowest BCUT2D eigenvalue weighted by molar-refractivity contribution is -0.135. The summed E-state index contributed by atoms with van der Waals surface area (Å²) in [5.74, 6) is 0.168. The van der Waals surface area contributed by atoms with Gasteiger partial charge in [-0.2, -0.15) is 0 Å². The fraction of sp³-hybridized carbons (Fsp3) is 0.667. The number of hydrogen-bond donors (Lipinski definition) is 1. The number of aliphatic hydroxyl groups is 1. The van der Waals surface area contributed by atoms with Gasteiger partial charge < -0.3 is 14.9 Å². The highest BCUT2D eigenvalue weighted by Crippen LogP contribution is 2.24. The van der Waals surface area contributed by atoms with E-state index in [0.29, 0.717) is 19.6 Å². The number of benzene rings is 1. The number of anilines is 1. The number of fused-ring (bicyclic) bond motifs is 1. The Kier molecular flexibility index (Phi) is 8.70. The lowest BCUT2D eigenvalue weighted by atomic mass is 10.1.